The molecule has 0 bridgehead atoms. The van der Waals surface area contributed by atoms with Crippen LogP contribution in [0.15, 0.2) is 83.8 Å². The second-order valence-electron chi connectivity index (χ2n) is 9.46. The van der Waals surface area contributed by atoms with Crippen LogP contribution < -0.4 is 9.46 Å². The summed E-state index contributed by atoms with van der Waals surface area (Å²) in [5.41, 5.74) is 2.32. The lowest BCUT2D eigenvalue weighted by atomic mass is 10.0. The van der Waals surface area contributed by atoms with Crippen LogP contribution in [-0.4, -0.2) is 37.3 Å². The van der Waals surface area contributed by atoms with E-state index in [1.54, 1.807) is 36.4 Å². The highest BCUT2D eigenvalue weighted by atomic mass is 32.2. The Kier molecular flexibility index (Phi) is 10.7. The number of aryl methyl sites for hydroxylation is 1. The molecule has 204 valence electrons. The smallest absolute Gasteiger partial charge is 0.303 e. The summed E-state index contributed by atoms with van der Waals surface area (Å²) >= 11 is 0. The predicted molar refractivity (Wildman–Crippen MR) is 149 cm³/mol. The van der Waals surface area contributed by atoms with E-state index in [0.29, 0.717) is 30.9 Å². The van der Waals surface area contributed by atoms with Gasteiger partial charge in [-0.3, -0.25) is 9.52 Å². The number of para-hydroxylation sites is 1. The molecule has 1 saturated carbocycles. The van der Waals surface area contributed by atoms with Crippen LogP contribution in [0.25, 0.3) is 0 Å². The van der Waals surface area contributed by atoms with E-state index < -0.39 is 22.1 Å². The lowest BCUT2D eigenvalue weighted by Gasteiger charge is -2.14. The average Bonchev–Trinajstić information content (AvgIpc) is 3.70. The number of carbonyl (C=O) groups is 1. The molecule has 0 amide bonds. The summed E-state index contributed by atoms with van der Waals surface area (Å²) in [6.45, 7) is 4.57. The highest BCUT2D eigenvalue weighted by Crippen LogP contribution is 2.50. The number of sulfonamides is 1. The minimum atomic E-state index is -3.66. The van der Waals surface area contributed by atoms with E-state index in [-0.39, 0.29) is 23.2 Å². The molecule has 38 heavy (non-hydrogen) atoms. The van der Waals surface area contributed by atoms with E-state index in [9.17, 15) is 18.3 Å². The molecule has 0 radical (unpaired) electrons. The zero-order chi connectivity index (χ0) is 27.5. The number of aliphatic hydroxyl groups is 1. The Morgan fingerprint density at radius 1 is 1.03 bits per heavy atom. The van der Waals surface area contributed by atoms with Crippen molar-refractivity contribution in [3.05, 3.63) is 90.0 Å². The standard InChI is InChI=1S/C27H29NO6S.C3H8/c29-25(15-16-34-26-12-5-4-7-19(26)13-14-27(30)31)24-18-23(24)20-8-6-9-21(17-20)28-35(32,33)22-10-2-1-3-11-22;1-3-2/h1-12,17,23-25,28-29H,13-16,18H2,(H,30,31);3H2,1-2H3/t23?,24?,25-;/m1./s1. The molecule has 1 aliphatic carbocycles. The summed E-state index contributed by atoms with van der Waals surface area (Å²) in [5, 5.41) is 19.6. The molecule has 1 aliphatic rings. The van der Waals surface area contributed by atoms with Crippen molar-refractivity contribution >= 4 is 21.7 Å². The molecule has 7 nitrogen and oxygen atoms in total. The number of aliphatic carboxylic acids is 1. The van der Waals surface area contributed by atoms with E-state index in [0.717, 1.165) is 17.5 Å². The van der Waals surface area contributed by atoms with Crippen molar-refractivity contribution in [3.63, 3.8) is 0 Å². The van der Waals surface area contributed by atoms with E-state index in [4.69, 9.17) is 9.84 Å². The molecular weight excluding hydrogens is 502 g/mol. The van der Waals surface area contributed by atoms with Gasteiger partial charge in [-0.15, -0.1) is 0 Å². The molecule has 0 aliphatic heterocycles. The van der Waals surface area contributed by atoms with Gasteiger partial charge in [0, 0.05) is 18.5 Å². The average molecular weight is 540 g/mol. The molecule has 0 spiro atoms. The van der Waals surface area contributed by atoms with Gasteiger partial charge in [0.1, 0.15) is 5.75 Å². The normalized spacial score (nSPS) is 17.0. The van der Waals surface area contributed by atoms with Crippen molar-refractivity contribution in [2.75, 3.05) is 11.3 Å². The number of nitrogens with one attached hydrogen (secondary N) is 1. The number of anilines is 1. The molecular formula is C30H37NO6S. The Morgan fingerprint density at radius 2 is 1.71 bits per heavy atom. The van der Waals surface area contributed by atoms with Crippen LogP contribution in [0.3, 0.4) is 0 Å². The first-order valence-electron chi connectivity index (χ1n) is 13.0. The number of carboxylic acids is 1. The van der Waals surface area contributed by atoms with Crippen molar-refractivity contribution in [2.24, 2.45) is 5.92 Å². The number of hydrogen-bond acceptors (Lipinski definition) is 5. The first-order chi connectivity index (χ1) is 18.2. The van der Waals surface area contributed by atoms with Crippen molar-refractivity contribution in [3.8, 4) is 5.75 Å². The van der Waals surface area contributed by atoms with E-state index in [1.165, 1.54) is 6.42 Å². The van der Waals surface area contributed by atoms with E-state index in [1.807, 2.05) is 42.5 Å². The van der Waals surface area contributed by atoms with Crippen molar-refractivity contribution in [1.29, 1.82) is 0 Å². The van der Waals surface area contributed by atoms with Crippen LogP contribution in [0, 0.1) is 5.92 Å². The third-order valence-corrected chi connectivity index (χ3v) is 7.60. The third-order valence-electron chi connectivity index (χ3n) is 6.21. The SMILES string of the molecule is CCC.O=C(O)CCc1ccccc1OCC[C@@H](O)C1CC1c1cccc(NS(=O)(=O)c2ccccc2)c1. The molecule has 3 aromatic carbocycles. The van der Waals surface area contributed by atoms with Crippen LogP contribution in [0.5, 0.6) is 5.75 Å². The monoisotopic (exact) mass is 539 g/mol. The molecule has 0 saturated heterocycles. The van der Waals surface area contributed by atoms with Gasteiger partial charge in [-0.05, 0) is 66.1 Å². The van der Waals surface area contributed by atoms with Crippen LogP contribution in [0.4, 0.5) is 5.69 Å². The largest absolute Gasteiger partial charge is 0.493 e. The van der Waals surface area contributed by atoms with Crippen LogP contribution >= 0.6 is 0 Å². The lowest BCUT2D eigenvalue weighted by Crippen LogP contribution is -2.15. The van der Waals surface area contributed by atoms with Crippen LogP contribution in [0.2, 0.25) is 0 Å². The zero-order valence-electron chi connectivity index (χ0n) is 21.9. The number of aliphatic hydroxyl groups excluding tert-OH is 1. The van der Waals surface area contributed by atoms with Gasteiger partial charge >= 0.3 is 5.97 Å². The minimum absolute atomic E-state index is 0.0350. The highest BCUT2D eigenvalue weighted by molar-refractivity contribution is 7.92. The van der Waals surface area contributed by atoms with Crippen molar-refractivity contribution < 1.29 is 28.2 Å². The van der Waals surface area contributed by atoms with Crippen LogP contribution in [0.1, 0.15) is 56.6 Å². The maximum Gasteiger partial charge on any atom is 0.303 e. The van der Waals surface area contributed by atoms with Gasteiger partial charge in [0.2, 0.25) is 0 Å². The first-order valence-corrected chi connectivity index (χ1v) is 14.5. The molecule has 3 atom stereocenters. The number of rotatable bonds is 12. The lowest BCUT2D eigenvalue weighted by molar-refractivity contribution is -0.136. The van der Waals surface area contributed by atoms with E-state index in [2.05, 4.69) is 18.6 Å². The van der Waals surface area contributed by atoms with Gasteiger partial charge in [0.05, 0.1) is 17.6 Å². The first kappa shape index (κ1) is 29.2. The van der Waals surface area contributed by atoms with Crippen molar-refractivity contribution in [1.82, 2.24) is 0 Å². The summed E-state index contributed by atoms with van der Waals surface area (Å²) < 4.78 is 33.7. The Bertz CT molecular complexity index is 1280. The molecule has 4 rings (SSSR count). The molecule has 0 heterocycles. The molecule has 3 N–H and O–H groups in total. The van der Waals surface area contributed by atoms with Gasteiger partial charge in [-0.1, -0.05) is 68.8 Å². The van der Waals surface area contributed by atoms with Crippen LogP contribution in [-0.2, 0) is 21.2 Å². The Hall–Kier alpha value is -3.36. The molecule has 2 unspecified atom stereocenters. The van der Waals surface area contributed by atoms with Gasteiger partial charge < -0.3 is 14.9 Å². The van der Waals surface area contributed by atoms with Gasteiger partial charge in [0.25, 0.3) is 10.0 Å². The minimum Gasteiger partial charge on any atom is -0.493 e. The summed E-state index contributed by atoms with van der Waals surface area (Å²) in [6.07, 6.45) is 2.41. The number of ether oxygens (including phenoxy) is 1. The maximum absolute atomic E-state index is 12.6. The Labute approximate surface area is 225 Å². The summed E-state index contributed by atoms with van der Waals surface area (Å²) in [6, 6.07) is 22.9. The number of hydrogen-bond donors (Lipinski definition) is 3. The van der Waals surface area contributed by atoms with Gasteiger partial charge in [-0.25, -0.2) is 8.42 Å². The fourth-order valence-corrected chi connectivity index (χ4v) is 5.34. The molecule has 0 aromatic heterocycles. The topological polar surface area (TPSA) is 113 Å². The summed E-state index contributed by atoms with van der Waals surface area (Å²) in [4.78, 5) is 11.1. The maximum atomic E-state index is 12.6. The second-order valence-corrected chi connectivity index (χ2v) is 11.1. The zero-order valence-corrected chi connectivity index (χ0v) is 22.7. The fourth-order valence-electron chi connectivity index (χ4n) is 4.27. The quantitative estimate of drug-likeness (QED) is 0.266. The third kappa shape index (κ3) is 8.60. The molecule has 3 aromatic rings. The number of carboxylic acid groups (broad SMARTS) is 1. The molecule has 8 heteroatoms. The van der Waals surface area contributed by atoms with E-state index >= 15 is 0 Å². The van der Waals surface area contributed by atoms with Crippen molar-refractivity contribution in [2.45, 2.75) is 62.9 Å². The summed E-state index contributed by atoms with van der Waals surface area (Å²) in [5.74, 6) is 0.0366. The Morgan fingerprint density at radius 3 is 2.42 bits per heavy atom. The predicted octanol–water partition coefficient (Wildman–Crippen LogP) is 5.85. The fraction of sp³-hybridized carbons (Fsp3) is 0.367. The highest BCUT2D eigenvalue weighted by Gasteiger charge is 2.43. The molecule has 1 fully saturated rings. The Balaban J connectivity index is 0.00000127. The number of benzene rings is 3. The second kappa shape index (κ2) is 14.0. The van der Waals surface area contributed by atoms with Gasteiger partial charge in [0.15, 0.2) is 0 Å². The summed E-state index contributed by atoms with van der Waals surface area (Å²) in [7, 11) is -3.66. The van der Waals surface area contributed by atoms with Gasteiger partial charge in [-0.2, -0.15) is 0 Å².